The first kappa shape index (κ1) is 14.7. The van der Waals surface area contributed by atoms with Crippen LogP contribution >= 0.6 is 0 Å². The molecule has 0 fully saturated rings. The summed E-state index contributed by atoms with van der Waals surface area (Å²) in [4.78, 5) is 0. The van der Waals surface area contributed by atoms with Crippen molar-refractivity contribution < 1.29 is 5.11 Å². The molecule has 1 radical (unpaired) electrons. The number of benzene rings is 1. The maximum atomic E-state index is 8.54. The third kappa shape index (κ3) is 10.0. The van der Waals surface area contributed by atoms with Gasteiger partial charge in [0.25, 0.3) is 0 Å². The van der Waals surface area contributed by atoms with E-state index in [1.807, 2.05) is 30.3 Å². The van der Waals surface area contributed by atoms with Crippen molar-refractivity contribution in [2.45, 2.75) is 43.9 Å². The number of hydrogen-bond donors (Lipinski definition) is 1. The van der Waals surface area contributed by atoms with E-state index in [4.69, 9.17) is 5.11 Å². The van der Waals surface area contributed by atoms with E-state index < -0.39 is 0 Å². The normalized spacial score (nSPS) is 9.00. The summed E-state index contributed by atoms with van der Waals surface area (Å²) in [5.74, 6) is 0. The summed E-state index contributed by atoms with van der Waals surface area (Å²) in [5.41, 5.74) is 0.965. The van der Waals surface area contributed by atoms with Gasteiger partial charge in [0.05, 0.1) is 6.61 Å². The molecule has 1 nitrogen and oxygen atoms in total. The van der Waals surface area contributed by atoms with E-state index in [-0.39, 0.29) is 6.61 Å². The van der Waals surface area contributed by atoms with Crippen LogP contribution in [0.2, 0.25) is 10.6 Å². The van der Waals surface area contributed by atoms with Gasteiger partial charge in [-0.2, -0.15) is 0 Å². The smallest absolute Gasteiger partial charge is 0.199 e. The van der Waals surface area contributed by atoms with Crippen molar-refractivity contribution in [1.82, 2.24) is 0 Å². The summed E-state index contributed by atoms with van der Waals surface area (Å²) in [6.45, 7) is 4.67. The molecule has 0 unspecified atom stereocenters. The van der Waals surface area contributed by atoms with E-state index in [2.05, 4.69) is 13.8 Å². The van der Waals surface area contributed by atoms with E-state index in [1.165, 1.54) is 23.4 Å². The lowest BCUT2D eigenvalue weighted by molar-refractivity contribution is 0.282. The Labute approximate surface area is 100 Å². The van der Waals surface area contributed by atoms with Crippen LogP contribution in [0.5, 0.6) is 0 Å². The molecule has 1 aromatic rings. The summed E-state index contributed by atoms with van der Waals surface area (Å²) in [6, 6.07) is 9.52. The Morgan fingerprint density at radius 3 is 1.87 bits per heavy atom. The minimum atomic E-state index is 0.140. The summed E-state index contributed by atoms with van der Waals surface area (Å²) in [7, 11) is 0. The van der Waals surface area contributed by atoms with Crippen LogP contribution in [0.3, 0.4) is 0 Å². The molecule has 0 aromatic heterocycles. The standard InChI is InChI=1S/C7H8O.2C3H7.Al/c8-6-7-4-2-1-3-5-7;2*1-3-2;/h1-5,8H,6H2;2*1,3H2,2H3;. The lowest BCUT2D eigenvalue weighted by atomic mass is 10.2. The molecule has 0 saturated heterocycles. The van der Waals surface area contributed by atoms with Gasteiger partial charge in [0.15, 0.2) is 15.2 Å². The Hall–Kier alpha value is -0.288. The number of aliphatic hydroxyl groups excluding tert-OH is 1. The van der Waals surface area contributed by atoms with E-state index >= 15 is 0 Å². The second kappa shape index (κ2) is 11.8. The summed E-state index contributed by atoms with van der Waals surface area (Å²) in [6.07, 6.45) is 2.80. The first-order valence-corrected chi connectivity index (χ1v) is 7.44. The van der Waals surface area contributed by atoms with Crippen molar-refractivity contribution in [3.63, 3.8) is 0 Å². The predicted octanol–water partition coefficient (Wildman–Crippen LogP) is 3.53. The lowest BCUT2D eigenvalue weighted by Crippen LogP contribution is -1.84. The fourth-order valence-corrected chi connectivity index (χ4v) is 2.24. The summed E-state index contributed by atoms with van der Waals surface area (Å²) < 4.78 is 0. The topological polar surface area (TPSA) is 20.2 Å². The Morgan fingerprint density at radius 1 is 1.00 bits per heavy atom. The van der Waals surface area contributed by atoms with E-state index in [1.54, 1.807) is 0 Å². The van der Waals surface area contributed by atoms with Gasteiger partial charge in [-0.1, -0.05) is 57.0 Å². The highest BCUT2D eigenvalue weighted by molar-refractivity contribution is 6.35. The van der Waals surface area contributed by atoms with Crippen molar-refractivity contribution in [1.29, 1.82) is 0 Å². The fraction of sp³-hybridized carbons (Fsp3) is 0.538. The van der Waals surface area contributed by atoms with Crippen molar-refractivity contribution in [3.8, 4) is 0 Å². The second-order valence-electron chi connectivity index (χ2n) is 3.51. The van der Waals surface area contributed by atoms with Crippen LogP contribution < -0.4 is 0 Å². The first-order valence-electron chi connectivity index (χ1n) is 5.81. The Bertz CT molecular complexity index is 207. The largest absolute Gasteiger partial charge is 0.392 e. The molecule has 0 bridgehead atoms. The van der Waals surface area contributed by atoms with Gasteiger partial charge < -0.3 is 5.11 Å². The maximum absolute atomic E-state index is 8.54. The van der Waals surface area contributed by atoms with E-state index in [0.29, 0.717) is 0 Å². The highest BCUT2D eigenvalue weighted by Crippen LogP contribution is 1.95. The van der Waals surface area contributed by atoms with Gasteiger partial charge in [-0.05, 0) is 5.56 Å². The van der Waals surface area contributed by atoms with Crippen molar-refractivity contribution in [3.05, 3.63) is 35.9 Å². The lowest BCUT2D eigenvalue weighted by Gasteiger charge is -1.89. The molecule has 0 spiro atoms. The molecule has 1 rings (SSSR count). The molecule has 0 heterocycles. The van der Waals surface area contributed by atoms with Crippen LogP contribution in [-0.4, -0.2) is 20.3 Å². The van der Waals surface area contributed by atoms with Crippen LogP contribution in [0, 0.1) is 0 Å². The fourth-order valence-electron chi connectivity index (χ4n) is 1.14. The Balaban J connectivity index is 0.000000265. The molecule has 0 aliphatic carbocycles. The van der Waals surface area contributed by atoms with Crippen molar-refractivity contribution in [2.24, 2.45) is 0 Å². The highest BCUT2D eigenvalue weighted by atomic mass is 27.1. The van der Waals surface area contributed by atoms with Crippen LogP contribution in [0.1, 0.15) is 32.3 Å². The molecule has 1 N–H and O–H groups in total. The second-order valence-corrected chi connectivity index (χ2v) is 5.24. The first-order chi connectivity index (χ1) is 7.35. The molecule has 0 aliphatic rings. The predicted molar refractivity (Wildman–Crippen MR) is 68.3 cm³/mol. The number of hydrogen-bond acceptors (Lipinski definition) is 1. The highest BCUT2D eigenvalue weighted by Gasteiger charge is 1.84. The maximum Gasteiger partial charge on any atom is 0.199 e. The van der Waals surface area contributed by atoms with Crippen LogP contribution in [0.4, 0.5) is 0 Å². The SMILES string of the molecule is CC[CH2][Al][CH2]CC.OCc1ccccc1. The zero-order valence-corrected chi connectivity index (χ0v) is 11.1. The van der Waals surface area contributed by atoms with Gasteiger partial charge in [0.2, 0.25) is 0 Å². The Kier molecular flexibility index (Phi) is 11.6. The van der Waals surface area contributed by atoms with Gasteiger partial charge >= 0.3 is 0 Å². The molecule has 0 saturated carbocycles. The Morgan fingerprint density at radius 2 is 1.53 bits per heavy atom. The zero-order chi connectivity index (χ0) is 11.4. The number of rotatable bonds is 5. The molecule has 83 valence electrons. The molecule has 15 heavy (non-hydrogen) atoms. The number of aliphatic hydroxyl groups is 1. The monoisotopic (exact) mass is 221 g/mol. The van der Waals surface area contributed by atoms with Crippen LogP contribution in [-0.2, 0) is 6.61 Å². The molecule has 2 heteroatoms. The van der Waals surface area contributed by atoms with Crippen LogP contribution in [0.25, 0.3) is 0 Å². The van der Waals surface area contributed by atoms with Crippen molar-refractivity contribution in [2.75, 3.05) is 0 Å². The third-order valence-electron chi connectivity index (χ3n) is 2.01. The van der Waals surface area contributed by atoms with Crippen molar-refractivity contribution >= 4 is 15.2 Å². The average molecular weight is 221 g/mol. The van der Waals surface area contributed by atoms with Gasteiger partial charge in [-0.3, -0.25) is 0 Å². The molecule has 0 aliphatic heterocycles. The minimum Gasteiger partial charge on any atom is -0.392 e. The van der Waals surface area contributed by atoms with E-state index in [9.17, 15) is 0 Å². The summed E-state index contributed by atoms with van der Waals surface area (Å²) >= 11 is 0.822. The molecular weight excluding hydrogens is 199 g/mol. The summed E-state index contributed by atoms with van der Waals surface area (Å²) in [5, 5.41) is 11.6. The van der Waals surface area contributed by atoms with Gasteiger partial charge in [-0.15, -0.1) is 10.6 Å². The van der Waals surface area contributed by atoms with Gasteiger partial charge in [0.1, 0.15) is 0 Å². The molecule has 0 atom stereocenters. The van der Waals surface area contributed by atoms with Gasteiger partial charge in [-0.25, -0.2) is 0 Å². The zero-order valence-electron chi connectivity index (χ0n) is 9.95. The van der Waals surface area contributed by atoms with E-state index in [0.717, 1.165) is 20.8 Å². The molecular formula is C13H22AlO. The average Bonchev–Trinajstić information content (AvgIpc) is 2.32. The van der Waals surface area contributed by atoms with Crippen LogP contribution in [0.15, 0.2) is 30.3 Å². The minimum absolute atomic E-state index is 0.140. The molecule has 0 amide bonds. The van der Waals surface area contributed by atoms with Gasteiger partial charge in [0, 0.05) is 0 Å². The third-order valence-corrected chi connectivity index (χ3v) is 3.98. The quantitative estimate of drug-likeness (QED) is 0.595. The molecule has 1 aromatic carbocycles.